The van der Waals surface area contributed by atoms with Crippen molar-refractivity contribution in [1.82, 2.24) is 5.23 Å². The SMILES string of the molecule is CCCC=CCN(OC(=O)CC)OC(=O)CC. The van der Waals surface area contributed by atoms with E-state index in [1.165, 1.54) is 0 Å². The minimum atomic E-state index is -0.433. The summed E-state index contributed by atoms with van der Waals surface area (Å²) in [6.07, 6.45) is 6.21. The largest absolute Gasteiger partial charge is 0.333 e. The summed E-state index contributed by atoms with van der Waals surface area (Å²) < 4.78 is 0. The van der Waals surface area contributed by atoms with Gasteiger partial charge in [-0.25, -0.2) is 0 Å². The van der Waals surface area contributed by atoms with Gasteiger partial charge in [-0.05, 0) is 6.42 Å². The summed E-state index contributed by atoms with van der Waals surface area (Å²) in [4.78, 5) is 31.9. The highest BCUT2D eigenvalue weighted by molar-refractivity contribution is 5.70. The first kappa shape index (κ1) is 15.6. The van der Waals surface area contributed by atoms with Gasteiger partial charge in [-0.2, -0.15) is 0 Å². The molecular weight excluding hydrogens is 222 g/mol. The third-order valence-corrected chi connectivity index (χ3v) is 1.86. The second-order valence-corrected chi connectivity index (χ2v) is 3.41. The molecule has 0 N–H and O–H groups in total. The smallest absolute Gasteiger partial charge is 0.328 e. The summed E-state index contributed by atoms with van der Waals surface area (Å²) in [7, 11) is 0. The van der Waals surface area contributed by atoms with Gasteiger partial charge in [0.25, 0.3) is 0 Å². The topological polar surface area (TPSA) is 55.8 Å². The van der Waals surface area contributed by atoms with Gasteiger partial charge in [0, 0.05) is 18.1 Å². The van der Waals surface area contributed by atoms with Crippen molar-refractivity contribution in [3.63, 3.8) is 0 Å². The molecule has 0 aliphatic rings. The molecule has 0 atom stereocenters. The first-order valence-electron chi connectivity index (χ1n) is 5.98. The highest BCUT2D eigenvalue weighted by atomic mass is 17.0. The van der Waals surface area contributed by atoms with Crippen molar-refractivity contribution in [2.24, 2.45) is 0 Å². The molecule has 0 aromatic carbocycles. The van der Waals surface area contributed by atoms with Gasteiger partial charge in [-0.3, -0.25) is 9.59 Å². The molecule has 0 aromatic rings. The Labute approximate surface area is 102 Å². The lowest BCUT2D eigenvalue weighted by atomic mass is 10.3. The number of carbonyl (C=O) groups excluding carboxylic acids is 2. The molecule has 5 heteroatoms. The van der Waals surface area contributed by atoms with Crippen LogP contribution in [-0.2, 0) is 19.3 Å². The molecule has 0 spiro atoms. The number of hydroxylamine groups is 2. The van der Waals surface area contributed by atoms with Crippen LogP contribution in [0.15, 0.2) is 12.2 Å². The number of allylic oxidation sites excluding steroid dienone is 1. The predicted octanol–water partition coefficient (Wildman–Crippen LogP) is 2.38. The van der Waals surface area contributed by atoms with Crippen LogP contribution in [0.2, 0.25) is 0 Å². The van der Waals surface area contributed by atoms with Gasteiger partial charge < -0.3 is 9.68 Å². The van der Waals surface area contributed by atoms with Crippen LogP contribution in [0.5, 0.6) is 0 Å². The molecule has 0 aliphatic carbocycles. The molecular formula is C12H21NO4. The third kappa shape index (κ3) is 8.45. The number of nitrogens with zero attached hydrogens (tertiary/aromatic N) is 1. The Morgan fingerprint density at radius 1 is 1.00 bits per heavy atom. The molecule has 0 aromatic heterocycles. The van der Waals surface area contributed by atoms with Gasteiger partial charge >= 0.3 is 11.9 Å². The van der Waals surface area contributed by atoms with E-state index in [9.17, 15) is 9.59 Å². The summed E-state index contributed by atoms with van der Waals surface area (Å²) >= 11 is 0. The maximum atomic E-state index is 11.1. The fraction of sp³-hybridized carbons (Fsp3) is 0.667. The fourth-order valence-electron chi connectivity index (χ4n) is 0.895. The van der Waals surface area contributed by atoms with Crippen molar-refractivity contribution in [1.29, 1.82) is 0 Å². The zero-order valence-corrected chi connectivity index (χ0v) is 10.8. The minimum Gasteiger partial charge on any atom is -0.333 e. The molecule has 0 saturated carbocycles. The Hall–Kier alpha value is -1.36. The zero-order chi connectivity index (χ0) is 13.1. The van der Waals surface area contributed by atoms with E-state index in [1.807, 2.05) is 6.08 Å². The van der Waals surface area contributed by atoms with Crippen LogP contribution in [0, 0.1) is 0 Å². The molecule has 98 valence electrons. The standard InChI is InChI=1S/C12H21NO4/c1-4-7-8-9-10-13(16-11(14)5-2)17-12(15)6-3/h8-9H,4-7,10H2,1-3H3. The van der Waals surface area contributed by atoms with E-state index in [0.717, 1.165) is 18.1 Å². The Morgan fingerprint density at radius 3 is 1.94 bits per heavy atom. The normalized spacial score (nSPS) is 10.8. The highest BCUT2D eigenvalue weighted by Gasteiger charge is 2.13. The van der Waals surface area contributed by atoms with Gasteiger partial charge in [0.1, 0.15) is 0 Å². The van der Waals surface area contributed by atoms with E-state index in [4.69, 9.17) is 9.68 Å². The number of rotatable bonds is 8. The Bertz CT molecular complexity index is 245. The van der Waals surface area contributed by atoms with Crippen molar-refractivity contribution in [3.8, 4) is 0 Å². The second kappa shape index (κ2) is 9.84. The van der Waals surface area contributed by atoms with Crippen LogP contribution >= 0.6 is 0 Å². The van der Waals surface area contributed by atoms with E-state index in [1.54, 1.807) is 19.9 Å². The molecule has 0 aliphatic heterocycles. The Balaban J connectivity index is 4.19. The van der Waals surface area contributed by atoms with E-state index in [0.29, 0.717) is 0 Å². The molecule has 17 heavy (non-hydrogen) atoms. The highest BCUT2D eigenvalue weighted by Crippen LogP contribution is 2.00. The summed E-state index contributed by atoms with van der Waals surface area (Å²) in [6, 6.07) is 0. The van der Waals surface area contributed by atoms with Gasteiger partial charge in [0.05, 0.1) is 6.54 Å². The van der Waals surface area contributed by atoms with Crippen LogP contribution in [0.3, 0.4) is 0 Å². The second-order valence-electron chi connectivity index (χ2n) is 3.41. The number of hydrogen-bond donors (Lipinski definition) is 0. The van der Waals surface area contributed by atoms with Gasteiger partial charge in [0.2, 0.25) is 0 Å². The average molecular weight is 243 g/mol. The molecule has 0 unspecified atom stereocenters. The molecule has 0 radical (unpaired) electrons. The molecule has 0 heterocycles. The monoisotopic (exact) mass is 243 g/mol. The van der Waals surface area contributed by atoms with Crippen molar-refractivity contribution in [3.05, 3.63) is 12.2 Å². The first-order chi connectivity index (χ1) is 8.13. The van der Waals surface area contributed by atoms with Gasteiger partial charge in [0.15, 0.2) is 0 Å². The molecule has 0 amide bonds. The number of unbranched alkanes of at least 4 members (excludes halogenated alkanes) is 1. The number of carbonyl (C=O) groups is 2. The lowest BCUT2D eigenvalue weighted by Crippen LogP contribution is -2.30. The van der Waals surface area contributed by atoms with Crippen LogP contribution in [0.4, 0.5) is 0 Å². The van der Waals surface area contributed by atoms with Gasteiger partial charge in [-0.1, -0.05) is 39.3 Å². The fourth-order valence-corrected chi connectivity index (χ4v) is 0.895. The molecule has 5 nitrogen and oxygen atoms in total. The lowest BCUT2D eigenvalue weighted by Gasteiger charge is -2.17. The minimum absolute atomic E-state index is 0.235. The summed E-state index contributed by atoms with van der Waals surface area (Å²) in [5, 5.41) is 0.920. The average Bonchev–Trinajstić information content (AvgIpc) is 2.33. The zero-order valence-electron chi connectivity index (χ0n) is 10.8. The third-order valence-electron chi connectivity index (χ3n) is 1.86. The quantitative estimate of drug-likeness (QED) is 0.484. The van der Waals surface area contributed by atoms with Crippen molar-refractivity contribution in [2.75, 3.05) is 6.54 Å². The van der Waals surface area contributed by atoms with Crippen molar-refractivity contribution in [2.45, 2.75) is 46.5 Å². The summed E-state index contributed by atoms with van der Waals surface area (Å²) in [5.41, 5.74) is 0. The molecule has 0 saturated heterocycles. The van der Waals surface area contributed by atoms with Crippen LogP contribution in [0.25, 0.3) is 0 Å². The van der Waals surface area contributed by atoms with Crippen LogP contribution < -0.4 is 0 Å². The van der Waals surface area contributed by atoms with Crippen molar-refractivity contribution >= 4 is 11.9 Å². The predicted molar refractivity (Wildman–Crippen MR) is 63.5 cm³/mol. The van der Waals surface area contributed by atoms with Crippen LogP contribution in [-0.4, -0.2) is 23.7 Å². The Morgan fingerprint density at radius 2 is 1.53 bits per heavy atom. The molecule has 0 bridgehead atoms. The first-order valence-corrected chi connectivity index (χ1v) is 5.98. The summed E-state index contributed by atoms with van der Waals surface area (Å²) in [5.74, 6) is -0.865. The van der Waals surface area contributed by atoms with Gasteiger partial charge in [-0.15, -0.1) is 0 Å². The maximum Gasteiger partial charge on any atom is 0.328 e. The van der Waals surface area contributed by atoms with Crippen molar-refractivity contribution < 1.29 is 19.3 Å². The lowest BCUT2D eigenvalue weighted by molar-refractivity contribution is -0.319. The van der Waals surface area contributed by atoms with E-state index in [2.05, 4.69) is 6.92 Å². The maximum absolute atomic E-state index is 11.1. The van der Waals surface area contributed by atoms with E-state index in [-0.39, 0.29) is 19.4 Å². The van der Waals surface area contributed by atoms with E-state index < -0.39 is 11.9 Å². The molecule has 0 rings (SSSR count). The molecule has 0 fully saturated rings. The van der Waals surface area contributed by atoms with E-state index >= 15 is 0 Å². The number of hydrogen-bond acceptors (Lipinski definition) is 5. The Kier molecular flexibility index (Phi) is 9.05. The van der Waals surface area contributed by atoms with Crippen LogP contribution in [0.1, 0.15) is 46.5 Å². The summed E-state index contributed by atoms with van der Waals surface area (Å²) in [6.45, 7) is 5.66.